The lowest BCUT2D eigenvalue weighted by Crippen LogP contribution is -2.26. The van der Waals surface area contributed by atoms with Crippen LogP contribution in [-0.2, 0) is 0 Å². The Hall–Kier alpha value is -1.03. The summed E-state index contributed by atoms with van der Waals surface area (Å²) in [5.41, 5.74) is 0. The normalized spacial score (nSPS) is 22.0. The van der Waals surface area contributed by atoms with E-state index in [2.05, 4.69) is 34.4 Å². The molecule has 0 atom stereocenters. The molecule has 0 spiro atoms. The predicted octanol–water partition coefficient (Wildman–Crippen LogP) is 4.72. The fraction of sp³-hybridized carbons (Fsp3) is 0.750. The number of rotatable bonds is 7. The van der Waals surface area contributed by atoms with E-state index in [1.165, 1.54) is 38.5 Å². The van der Waals surface area contributed by atoms with Crippen molar-refractivity contribution in [1.82, 2.24) is 9.97 Å². The number of nitrogens with zero attached hydrogens (tertiary/aromatic N) is 2. The molecule has 0 unspecified atom stereocenters. The molecule has 21 heavy (non-hydrogen) atoms. The van der Waals surface area contributed by atoms with Gasteiger partial charge in [-0.05, 0) is 38.0 Å². The Kier molecular flexibility index (Phi) is 6.55. The summed E-state index contributed by atoms with van der Waals surface area (Å²) in [6.45, 7) is 5.27. The van der Waals surface area contributed by atoms with E-state index in [4.69, 9.17) is 11.6 Å². The van der Waals surface area contributed by atoms with Crippen LogP contribution in [0.3, 0.4) is 0 Å². The predicted molar refractivity (Wildman–Crippen MR) is 90.1 cm³/mol. The molecule has 0 radical (unpaired) electrons. The van der Waals surface area contributed by atoms with Gasteiger partial charge < -0.3 is 10.6 Å². The van der Waals surface area contributed by atoms with Gasteiger partial charge in [-0.2, -0.15) is 4.98 Å². The van der Waals surface area contributed by atoms with E-state index in [1.54, 1.807) is 6.20 Å². The fourth-order valence-electron chi connectivity index (χ4n) is 2.99. The zero-order valence-corrected chi connectivity index (χ0v) is 13.9. The number of anilines is 2. The van der Waals surface area contributed by atoms with Crippen molar-refractivity contribution in [2.24, 2.45) is 5.92 Å². The molecule has 1 aromatic rings. The third-order valence-electron chi connectivity index (χ3n) is 4.16. The van der Waals surface area contributed by atoms with Crippen LogP contribution in [0.1, 0.15) is 58.8 Å². The number of nitrogens with one attached hydrogen (secondary N) is 2. The van der Waals surface area contributed by atoms with Crippen molar-refractivity contribution in [3.05, 3.63) is 11.2 Å². The molecule has 0 aliphatic heterocycles. The first-order valence-corrected chi connectivity index (χ1v) is 8.63. The van der Waals surface area contributed by atoms with E-state index >= 15 is 0 Å². The van der Waals surface area contributed by atoms with Crippen LogP contribution < -0.4 is 10.6 Å². The highest BCUT2D eigenvalue weighted by molar-refractivity contribution is 6.32. The van der Waals surface area contributed by atoms with Gasteiger partial charge in [0.05, 0.1) is 6.20 Å². The largest absolute Gasteiger partial charge is 0.366 e. The highest BCUT2D eigenvalue weighted by Gasteiger charge is 2.21. The Morgan fingerprint density at radius 2 is 1.95 bits per heavy atom. The second-order valence-corrected chi connectivity index (χ2v) is 6.37. The molecule has 0 bridgehead atoms. The molecule has 1 aliphatic carbocycles. The van der Waals surface area contributed by atoms with Crippen LogP contribution in [0.5, 0.6) is 0 Å². The Morgan fingerprint density at radius 1 is 1.19 bits per heavy atom. The van der Waals surface area contributed by atoms with E-state index in [0.29, 0.717) is 17.0 Å². The first-order chi connectivity index (χ1) is 10.2. The molecular formula is C16H27ClN4. The van der Waals surface area contributed by atoms with Gasteiger partial charge in [-0.1, -0.05) is 38.3 Å². The van der Waals surface area contributed by atoms with Gasteiger partial charge in [0.2, 0.25) is 5.95 Å². The summed E-state index contributed by atoms with van der Waals surface area (Å²) in [6.07, 6.45) is 10.4. The lowest BCUT2D eigenvalue weighted by atomic mass is 9.83. The SMILES string of the molecule is CCCNc1ncc(Cl)c(NC2CCC(CCC)CC2)n1. The van der Waals surface area contributed by atoms with Crippen molar-refractivity contribution in [3.8, 4) is 0 Å². The van der Waals surface area contributed by atoms with Gasteiger partial charge in [-0.15, -0.1) is 0 Å². The fourth-order valence-corrected chi connectivity index (χ4v) is 3.13. The van der Waals surface area contributed by atoms with Gasteiger partial charge in [0, 0.05) is 12.6 Å². The third kappa shape index (κ3) is 5.03. The van der Waals surface area contributed by atoms with Gasteiger partial charge in [-0.3, -0.25) is 0 Å². The smallest absolute Gasteiger partial charge is 0.224 e. The average molecular weight is 311 g/mol. The number of halogens is 1. The van der Waals surface area contributed by atoms with E-state index in [0.717, 1.165) is 24.7 Å². The van der Waals surface area contributed by atoms with Gasteiger partial charge in [0.25, 0.3) is 0 Å². The zero-order chi connectivity index (χ0) is 15.1. The molecule has 1 saturated carbocycles. The summed E-state index contributed by atoms with van der Waals surface area (Å²) < 4.78 is 0. The molecule has 0 aromatic carbocycles. The van der Waals surface area contributed by atoms with Gasteiger partial charge in [-0.25, -0.2) is 4.98 Å². The van der Waals surface area contributed by atoms with Gasteiger partial charge in [0.1, 0.15) is 5.02 Å². The minimum atomic E-state index is 0.490. The summed E-state index contributed by atoms with van der Waals surface area (Å²) in [5.74, 6) is 2.34. The van der Waals surface area contributed by atoms with Gasteiger partial charge in [0.15, 0.2) is 5.82 Å². The van der Waals surface area contributed by atoms with Crippen molar-refractivity contribution >= 4 is 23.4 Å². The molecule has 2 N–H and O–H groups in total. The van der Waals surface area contributed by atoms with Crippen LogP contribution in [0.2, 0.25) is 5.02 Å². The van der Waals surface area contributed by atoms with E-state index in [-0.39, 0.29) is 0 Å². The van der Waals surface area contributed by atoms with Crippen LogP contribution in [0.4, 0.5) is 11.8 Å². The van der Waals surface area contributed by atoms with Gasteiger partial charge >= 0.3 is 0 Å². The summed E-state index contributed by atoms with van der Waals surface area (Å²) in [4.78, 5) is 8.71. The lowest BCUT2D eigenvalue weighted by Gasteiger charge is -2.29. The van der Waals surface area contributed by atoms with Crippen LogP contribution in [0.25, 0.3) is 0 Å². The van der Waals surface area contributed by atoms with Crippen molar-refractivity contribution in [3.63, 3.8) is 0 Å². The first-order valence-electron chi connectivity index (χ1n) is 8.25. The Balaban J connectivity index is 1.90. The molecular weight excluding hydrogens is 284 g/mol. The van der Waals surface area contributed by atoms with Crippen LogP contribution in [-0.4, -0.2) is 22.6 Å². The third-order valence-corrected chi connectivity index (χ3v) is 4.44. The van der Waals surface area contributed by atoms with Crippen molar-refractivity contribution < 1.29 is 0 Å². The Bertz CT molecular complexity index is 430. The molecule has 1 aromatic heterocycles. The minimum absolute atomic E-state index is 0.490. The molecule has 5 heteroatoms. The van der Waals surface area contributed by atoms with E-state index in [1.807, 2.05) is 0 Å². The summed E-state index contributed by atoms with van der Waals surface area (Å²) >= 11 is 6.21. The maximum atomic E-state index is 6.21. The molecule has 1 fully saturated rings. The maximum Gasteiger partial charge on any atom is 0.224 e. The molecule has 1 heterocycles. The first kappa shape index (κ1) is 16.3. The monoisotopic (exact) mass is 310 g/mol. The quantitative estimate of drug-likeness (QED) is 0.765. The van der Waals surface area contributed by atoms with Crippen LogP contribution in [0, 0.1) is 5.92 Å². The summed E-state index contributed by atoms with van der Waals surface area (Å²) in [6, 6.07) is 0.490. The highest BCUT2D eigenvalue weighted by Crippen LogP contribution is 2.30. The lowest BCUT2D eigenvalue weighted by molar-refractivity contribution is 0.318. The maximum absolute atomic E-state index is 6.21. The van der Waals surface area contributed by atoms with E-state index in [9.17, 15) is 0 Å². The average Bonchev–Trinajstić information content (AvgIpc) is 2.50. The summed E-state index contributed by atoms with van der Waals surface area (Å²) in [7, 11) is 0. The Morgan fingerprint density at radius 3 is 2.62 bits per heavy atom. The Labute approximate surface area is 133 Å². The second kappa shape index (κ2) is 8.42. The molecule has 0 saturated heterocycles. The number of hydrogen-bond acceptors (Lipinski definition) is 4. The van der Waals surface area contributed by atoms with Crippen LogP contribution >= 0.6 is 11.6 Å². The second-order valence-electron chi connectivity index (χ2n) is 5.97. The molecule has 4 nitrogen and oxygen atoms in total. The zero-order valence-electron chi connectivity index (χ0n) is 13.2. The molecule has 0 amide bonds. The molecule has 2 rings (SSSR count). The highest BCUT2D eigenvalue weighted by atomic mass is 35.5. The standard InChI is InChI=1S/C16H27ClN4/c1-3-5-12-6-8-13(9-7-12)20-15-14(17)11-19-16(21-15)18-10-4-2/h11-13H,3-10H2,1-2H3,(H2,18,19,20,21). The molecule has 1 aliphatic rings. The minimum Gasteiger partial charge on any atom is -0.366 e. The van der Waals surface area contributed by atoms with Crippen molar-refractivity contribution in [1.29, 1.82) is 0 Å². The molecule has 118 valence electrons. The van der Waals surface area contributed by atoms with Crippen molar-refractivity contribution in [2.75, 3.05) is 17.2 Å². The number of hydrogen-bond donors (Lipinski definition) is 2. The summed E-state index contributed by atoms with van der Waals surface area (Å²) in [5, 5.41) is 7.31. The van der Waals surface area contributed by atoms with E-state index < -0.39 is 0 Å². The number of aromatic nitrogens is 2. The van der Waals surface area contributed by atoms with Crippen LogP contribution in [0.15, 0.2) is 6.20 Å². The van der Waals surface area contributed by atoms with Crippen molar-refractivity contribution in [2.45, 2.75) is 64.8 Å². The topological polar surface area (TPSA) is 49.8 Å².